The zero-order chi connectivity index (χ0) is 17.2. The Balaban J connectivity index is 1.58. The summed E-state index contributed by atoms with van der Waals surface area (Å²) in [6.07, 6.45) is 6.77. The summed E-state index contributed by atoms with van der Waals surface area (Å²) in [6.45, 7) is 1.02. The van der Waals surface area contributed by atoms with Crippen LogP contribution < -0.4 is 10.1 Å². The molecule has 1 aromatic carbocycles. The fourth-order valence-corrected chi connectivity index (χ4v) is 3.78. The van der Waals surface area contributed by atoms with Crippen molar-refractivity contribution in [1.29, 1.82) is 0 Å². The molecule has 0 unspecified atom stereocenters. The van der Waals surface area contributed by atoms with Crippen LogP contribution in [0.1, 0.15) is 41.2 Å². The van der Waals surface area contributed by atoms with Gasteiger partial charge in [-0.05, 0) is 49.1 Å². The number of hydrogen-bond acceptors (Lipinski definition) is 4. The Morgan fingerprint density at radius 2 is 2.12 bits per heavy atom. The number of methoxy groups -OCH3 is 1. The summed E-state index contributed by atoms with van der Waals surface area (Å²) < 4.78 is 5.40. The van der Waals surface area contributed by atoms with Crippen molar-refractivity contribution in [3.8, 4) is 5.75 Å². The molecule has 1 saturated heterocycles. The number of pyridine rings is 1. The van der Waals surface area contributed by atoms with Crippen LogP contribution >= 0.6 is 0 Å². The standard InChI is InChI=1S/C20H23N3O2/c1-25-17-6-2-4-14(12-17)19-18(9-11-23(19)16-7-8-16)22-20(24)15-5-3-10-21-13-15/h2-6,10,12-13,16,18-19H,7-9,11H2,1H3,(H,22,24)/t18-,19-/m1/s1. The molecule has 0 spiro atoms. The smallest absolute Gasteiger partial charge is 0.253 e. The molecule has 1 aliphatic carbocycles. The summed E-state index contributed by atoms with van der Waals surface area (Å²) >= 11 is 0. The molecule has 2 heterocycles. The van der Waals surface area contributed by atoms with Crippen LogP contribution in [-0.2, 0) is 0 Å². The molecular weight excluding hydrogens is 314 g/mol. The molecule has 0 bridgehead atoms. The predicted molar refractivity (Wildman–Crippen MR) is 95.6 cm³/mol. The van der Waals surface area contributed by atoms with Crippen molar-refractivity contribution in [1.82, 2.24) is 15.2 Å². The van der Waals surface area contributed by atoms with Gasteiger partial charge in [0.15, 0.2) is 0 Å². The van der Waals surface area contributed by atoms with E-state index >= 15 is 0 Å². The lowest BCUT2D eigenvalue weighted by Gasteiger charge is -2.29. The van der Waals surface area contributed by atoms with Crippen LogP contribution in [0.25, 0.3) is 0 Å². The summed E-state index contributed by atoms with van der Waals surface area (Å²) in [5, 5.41) is 3.23. The number of carbonyl (C=O) groups is 1. The normalized spacial score (nSPS) is 23.4. The number of rotatable bonds is 5. The minimum atomic E-state index is -0.0522. The Labute approximate surface area is 148 Å². The maximum atomic E-state index is 12.6. The summed E-state index contributed by atoms with van der Waals surface area (Å²) in [5.74, 6) is 0.807. The third-order valence-electron chi connectivity index (χ3n) is 5.13. The van der Waals surface area contributed by atoms with Crippen LogP contribution in [0.5, 0.6) is 5.75 Å². The third kappa shape index (κ3) is 3.37. The average Bonchev–Trinajstić information content (AvgIpc) is 3.43. The van der Waals surface area contributed by atoms with E-state index in [2.05, 4.69) is 27.3 Å². The number of likely N-dealkylation sites (tertiary alicyclic amines) is 1. The topological polar surface area (TPSA) is 54.5 Å². The predicted octanol–water partition coefficient (Wildman–Crippen LogP) is 2.80. The van der Waals surface area contributed by atoms with E-state index in [1.165, 1.54) is 18.4 Å². The average molecular weight is 337 g/mol. The third-order valence-corrected chi connectivity index (χ3v) is 5.13. The van der Waals surface area contributed by atoms with Crippen molar-refractivity contribution < 1.29 is 9.53 Å². The second-order valence-electron chi connectivity index (χ2n) is 6.80. The van der Waals surface area contributed by atoms with Gasteiger partial charge in [-0.15, -0.1) is 0 Å². The van der Waals surface area contributed by atoms with E-state index in [4.69, 9.17) is 4.74 Å². The number of hydrogen-bond donors (Lipinski definition) is 1. The van der Waals surface area contributed by atoms with E-state index in [1.807, 2.05) is 12.1 Å². The molecule has 2 fully saturated rings. The monoisotopic (exact) mass is 337 g/mol. The van der Waals surface area contributed by atoms with Crippen LogP contribution in [0.2, 0.25) is 0 Å². The molecule has 5 heteroatoms. The minimum Gasteiger partial charge on any atom is -0.497 e. The minimum absolute atomic E-state index is 0.0522. The quantitative estimate of drug-likeness (QED) is 0.911. The molecular formula is C20H23N3O2. The summed E-state index contributed by atoms with van der Waals surface area (Å²) in [7, 11) is 1.69. The fraction of sp³-hybridized carbons (Fsp3) is 0.400. The second kappa shape index (κ2) is 6.84. The number of carbonyl (C=O) groups excluding carboxylic acids is 1. The largest absolute Gasteiger partial charge is 0.497 e. The van der Waals surface area contributed by atoms with Gasteiger partial charge < -0.3 is 10.1 Å². The van der Waals surface area contributed by atoms with E-state index in [9.17, 15) is 4.79 Å². The Hall–Kier alpha value is -2.40. The molecule has 1 amide bonds. The van der Waals surface area contributed by atoms with Gasteiger partial charge in [-0.2, -0.15) is 0 Å². The van der Waals surface area contributed by atoms with Crippen molar-refractivity contribution >= 4 is 5.91 Å². The van der Waals surface area contributed by atoms with E-state index in [0.29, 0.717) is 11.6 Å². The van der Waals surface area contributed by atoms with Crippen molar-refractivity contribution in [3.05, 3.63) is 59.9 Å². The lowest BCUT2D eigenvalue weighted by molar-refractivity contribution is 0.0923. The Kier molecular flexibility index (Phi) is 4.40. The Morgan fingerprint density at radius 3 is 2.84 bits per heavy atom. The van der Waals surface area contributed by atoms with Crippen LogP contribution in [-0.4, -0.2) is 41.5 Å². The first-order valence-corrected chi connectivity index (χ1v) is 8.87. The van der Waals surface area contributed by atoms with Gasteiger partial charge in [0.1, 0.15) is 5.75 Å². The number of amides is 1. The first-order chi connectivity index (χ1) is 12.3. The molecule has 2 atom stereocenters. The van der Waals surface area contributed by atoms with Gasteiger partial charge in [-0.1, -0.05) is 12.1 Å². The lowest BCUT2D eigenvalue weighted by atomic mass is 9.99. The highest BCUT2D eigenvalue weighted by molar-refractivity contribution is 5.94. The molecule has 1 N–H and O–H groups in total. The molecule has 5 nitrogen and oxygen atoms in total. The molecule has 130 valence electrons. The lowest BCUT2D eigenvalue weighted by Crippen LogP contribution is -2.40. The van der Waals surface area contributed by atoms with E-state index in [0.717, 1.165) is 18.7 Å². The van der Waals surface area contributed by atoms with Crippen molar-refractivity contribution in [2.45, 2.75) is 37.4 Å². The van der Waals surface area contributed by atoms with E-state index < -0.39 is 0 Å². The number of benzene rings is 1. The van der Waals surface area contributed by atoms with Gasteiger partial charge >= 0.3 is 0 Å². The molecule has 1 aromatic heterocycles. The molecule has 1 aliphatic heterocycles. The second-order valence-corrected chi connectivity index (χ2v) is 6.80. The zero-order valence-corrected chi connectivity index (χ0v) is 14.4. The van der Waals surface area contributed by atoms with Gasteiger partial charge in [0.25, 0.3) is 5.91 Å². The maximum absolute atomic E-state index is 12.6. The SMILES string of the molecule is COc1cccc([C@@H]2[C@H](NC(=O)c3cccnc3)CCN2C2CC2)c1. The molecule has 4 rings (SSSR count). The van der Waals surface area contributed by atoms with Crippen LogP contribution in [0.3, 0.4) is 0 Å². The van der Waals surface area contributed by atoms with Crippen LogP contribution in [0, 0.1) is 0 Å². The van der Waals surface area contributed by atoms with Crippen LogP contribution in [0.15, 0.2) is 48.8 Å². The van der Waals surface area contributed by atoms with Gasteiger partial charge in [0, 0.05) is 25.0 Å². The molecule has 25 heavy (non-hydrogen) atoms. The Morgan fingerprint density at radius 1 is 1.24 bits per heavy atom. The number of nitrogens with one attached hydrogen (secondary N) is 1. The molecule has 2 aromatic rings. The summed E-state index contributed by atoms with van der Waals surface area (Å²) in [4.78, 5) is 19.2. The van der Waals surface area contributed by atoms with E-state index in [1.54, 1.807) is 31.6 Å². The zero-order valence-electron chi connectivity index (χ0n) is 14.4. The van der Waals surface area contributed by atoms with Crippen molar-refractivity contribution in [2.75, 3.05) is 13.7 Å². The Bertz CT molecular complexity index is 746. The highest BCUT2D eigenvalue weighted by Crippen LogP contribution is 2.41. The summed E-state index contributed by atoms with van der Waals surface area (Å²) in [6, 6.07) is 12.8. The van der Waals surface area contributed by atoms with E-state index in [-0.39, 0.29) is 18.0 Å². The van der Waals surface area contributed by atoms with Crippen molar-refractivity contribution in [3.63, 3.8) is 0 Å². The molecule has 0 radical (unpaired) electrons. The number of aromatic nitrogens is 1. The van der Waals surface area contributed by atoms with Crippen LogP contribution in [0.4, 0.5) is 0 Å². The summed E-state index contributed by atoms with van der Waals surface area (Å²) in [5.41, 5.74) is 1.82. The van der Waals surface area contributed by atoms with Crippen molar-refractivity contribution in [2.24, 2.45) is 0 Å². The number of ether oxygens (including phenoxy) is 1. The maximum Gasteiger partial charge on any atom is 0.253 e. The molecule has 2 aliphatic rings. The first-order valence-electron chi connectivity index (χ1n) is 8.87. The molecule has 1 saturated carbocycles. The highest BCUT2D eigenvalue weighted by Gasteiger charge is 2.43. The van der Waals surface area contributed by atoms with Gasteiger partial charge in [0.2, 0.25) is 0 Å². The van der Waals surface area contributed by atoms with Gasteiger partial charge in [-0.25, -0.2) is 0 Å². The number of nitrogens with zero attached hydrogens (tertiary/aromatic N) is 2. The van der Waals surface area contributed by atoms with Gasteiger partial charge in [-0.3, -0.25) is 14.7 Å². The fourth-order valence-electron chi connectivity index (χ4n) is 3.78. The highest BCUT2D eigenvalue weighted by atomic mass is 16.5. The first kappa shape index (κ1) is 16.1. The van der Waals surface area contributed by atoms with Gasteiger partial charge in [0.05, 0.1) is 24.8 Å².